The molecule has 0 aromatic heterocycles. The number of carbonyl (C=O) groups excluding carboxylic acids is 3. The lowest BCUT2D eigenvalue weighted by Crippen LogP contribution is -2.44. The molecule has 0 radical (unpaired) electrons. The van der Waals surface area contributed by atoms with Crippen molar-refractivity contribution in [2.45, 2.75) is 6.92 Å². The maximum Gasteiger partial charge on any atom is 0.285 e. The molecule has 1 aliphatic rings. The van der Waals surface area contributed by atoms with Crippen LogP contribution in [0.3, 0.4) is 0 Å². The van der Waals surface area contributed by atoms with Crippen molar-refractivity contribution < 1.29 is 14.4 Å². The minimum Gasteiger partial charge on any atom is -0.298 e. The highest BCUT2D eigenvalue weighted by molar-refractivity contribution is 8.26. The molecule has 2 aromatic rings. The number of nitrogens with one attached hydrogen (secondary N) is 1. The van der Waals surface area contributed by atoms with Gasteiger partial charge in [0, 0.05) is 11.1 Å². The molecule has 0 aliphatic carbocycles. The minimum absolute atomic E-state index is 0.256. The van der Waals surface area contributed by atoms with Crippen molar-refractivity contribution in [2.75, 3.05) is 0 Å². The number of amides is 2. The van der Waals surface area contributed by atoms with Gasteiger partial charge in [0.2, 0.25) is 0 Å². The molecule has 26 heavy (non-hydrogen) atoms. The highest BCUT2D eigenvalue weighted by Gasteiger charge is 2.33. The monoisotopic (exact) mass is 382 g/mol. The van der Waals surface area contributed by atoms with E-state index in [0.717, 1.165) is 34.2 Å². The first-order valence-electron chi connectivity index (χ1n) is 7.69. The Bertz CT molecular complexity index is 936. The van der Waals surface area contributed by atoms with Crippen LogP contribution >= 0.6 is 24.0 Å². The molecule has 1 aliphatic heterocycles. The lowest BCUT2D eigenvalue weighted by molar-refractivity contribution is -0.123. The van der Waals surface area contributed by atoms with Crippen LogP contribution in [-0.4, -0.2) is 27.4 Å². The summed E-state index contributed by atoms with van der Waals surface area (Å²) in [6.07, 6.45) is 2.43. The third-order valence-electron chi connectivity index (χ3n) is 3.66. The van der Waals surface area contributed by atoms with Gasteiger partial charge in [0.15, 0.2) is 4.32 Å². The second-order valence-corrected chi connectivity index (χ2v) is 7.29. The number of thiocarbonyl (C=S) groups is 1. The normalized spacial score (nSPS) is 15.4. The van der Waals surface area contributed by atoms with Crippen molar-refractivity contribution >= 4 is 52.5 Å². The van der Waals surface area contributed by atoms with E-state index in [9.17, 15) is 14.4 Å². The topological polar surface area (TPSA) is 66.5 Å². The lowest BCUT2D eigenvalue weighted by atomic mass is 10.1. The van der Waals surface area contributed by atoms with Crippen molar-refractivity contribution in [3.8, 4) is 0 Å². The Morgan fingerprint density at radius 1 is 1.15 bits per heavy atom. The smallest absolute Gasteiger partial charge is 0.285 e. The highest BCUT2D eigenvalue weighted by Crippen LogP contribution is 2.31. The first kappa shape index (κ1) is 18.0. The number of hydrogen-bond acceptors (Lipinski definition) is 5. The van der Waals surface area contributed by atoms with Gasteiger partial charge in [0.1, 0.15) is 6.29 Å². The molecular formula is C19H14N2O3S2. The summed E-state index contributed by atoms with van der Waals surface area (Å²) in [4.78, 5) is 36.0. The van der Waals surface area contributed by atoms with Gasteiger partial charge in [-0.05, 0) is 42.9 Å². The fourth-order valence-electron chi connectivity index (χ4n) is 2.34. The van der Waals surface area contributed by atoms with Crippen molar-refractivity contribution in [2.24, 2.45) is 0 Å². The van der Waals surface area contributed by atoms with Gasteiger partial charge < -0.3 is 0 Å². The van der Waals surface area contributed by atoms with Crippen molar-refractivity contribution in [3.05, 3.63) is 75.7 Å². The van der Waals surface area contributed by atoms with Crippen molar-refractivity contribution in [1.82, 2.24) is 10.4 Å². The van der Waals surface area contributed by atoms with Crippen LogP contribution in [0.1, 0.15) is 31.8 Å². The van der Waals surface area contributed by atoms with Gasteiger partial charge in [0.25, 0.3) is 11.8 Å². The number of rotatable bonds is 4. The van der Waals surface area contributed by atoms with Gasteiger partial charge in [-0.1, -0.05) is 53.7 Å². The van der Waals surface area contributed by atoms with E-state index >= 15 is 0 Å². The second kappa shape index (κ2) is 7.63. The van der Waals surface area contributed by atoms with Gasteiger partial charge in [-0.15, -0.1) is 0 Å². The van der Waals surface area contributed by atoms with Crippen molar-refractivity contribution in [3.63, 3.8) is 0 Å². The molecule has 5 nitrogen and oxygen atoms in total. The van der Waals surface area contributed by atoms with Crippen LogP contribution in [0.25, 0.3) is 6.08 Å². The Hall–Kier alpha value is -2.77. The summed E-state index contributed by atoms with van der Waals surface area (Å²) in [7, 11) is 0. The molecule has 3 rings (SSSR count). The third-order valence-corrected chi connectivity index (χ3v) is 4.96. The van der Waals surface area contributed by atoms with Gasteiger partial charge >= 0.3 is 0 Å². The number of hydrogen-bond donors (Lipinski definition) is 1. The molecule has 2 amide bonds. The van der Waals surface area contributed by atoms with Gasteiger partial charge in [-0.3, -0.25) is 19.8 Å². The Balaban J connectivity index is 1.76. The van der Waals surface area contributed by atoms with Crippen LogP contribution in [0.2, 0.25) is 0 Å². The second-order valence-electron chi connectivity index (χ2n) is 5.61. The summed E-state index contributed by atoms with van der Waals surface area (Å²) in [5, 5.41) is 1.08. The molecule has 2 aromatic carbocycles. The number of thioether (sulfide) groups is 1. The number of benzene rings is 2. The van der Waals surface area contributed by atoms with Crippen LogP contribution in [0.4, 0.5) is 0 Å². The van der Waals surface area contributed by atoms with E-state index in [1.807, 2.05) is 13.0 Å². The number of carbonyl (C=O) groups is 3. The highest BCUT2D eigenvalue weighted by atomic mass is 32.2. The maximum atomic E-state index is 12.6. The average Bonchev–Trinajstić information content (AvgIpc) is 2.89. The summed E-state index contributed by atoms with van der Waals surface area (Å²) >= 11 is 6.32. The number of aldehydes is 1. The van der Waals surface area contributed by atoms with Crippen LogP contribution in [-0.2, 0) is 4.79 Å². The van der Waals surface area contributed by atoms with E-state index in [1.54, 1.807) is 48.5 Å². The Morgan fingerprint density at radius 2 is 1.85 bits per heavy atom. The predicted molar refractivity (Wildman–Crippen MR) is 105 cm³/mol. The van der Waals surface area contributed by atoms with Crippen LogP contribution in [0.15, 0.2) is 53.4 Å². The summed E-state index contributed by atoms with van der Waals surface area (Å²) < 4.78 is 0.256. The molecule has 1 N–H and O–H groups in total. The maximum absolute atomic E-state index is 12.6. The molecule has 0 bridgehead atoms. The number of nitrogens with zero attached hydrogens (tertiary/aromatic N) is 1. The molecule has 1 saturated heterocycles. The quantitative estimate of drug-likeness (QED) is 0.499. The van der Waals surface area contributed by atoms with Crippen molar-refractivity contribution in [1.29, 1.82) is 0 Å². The Kier molecular flexibility index (Phi) is 5.29. The zero-order chi connectivity index (χ0) is 18.7. The number of aryl methyl sites for hydroxylation is 1. The molecule has 0 spiro atoms. The molecular weight excluding hydrogens is 368 g/mol. The lowest BCUT2D eigenvalue weighted by Gasteiger charge is -2.15. The zero-order valence-corrected chi connectivity index (χ0v) is 15.4. The molecule has 1 fully saturated rings. The molecule has 7 heteroatoms. The molecule has 130 valence electrons. The van der Waals surface area contributed by atoms with E-state index < -0.39 is 5.91 Å². The number of hydrazine groups is 1. The third kappa shape index (κ3) is 3.89. The van der Waals surface area contributed by atoms with Crippen LogP contribution < -0.4 is 5.43 Å². The van der Waals surface area contributed by atoms with E-state index in [2.05, 4.69) is 5.43 Å². The van der Waals surface area contributed by atoms with E-state index in [1.165, 1.54) is 0 Å². The molecule has 0 saturated carbocycles. The van der Waals surface area contributed by atoms with Gasteiger partial charge in [0.05, 0.1) is 4.91 Å². The average molecular weight is 382 g/mol. The Labute approximate surface area is 160 Å². The van der Waals surface area contributed by atoms with Gasteiger partial charge in [-0.2, -0.15) is 5.01 Å². The largest absolute Gasteiger partial charge is 0.298 e. The fraction of sp³-hybridized carbons (Fsp3) is 0.0526. The summed E-state index contributed by atoms with van der Waals surface area (Å²) in [6, 6.07) is 13.9. The van der Waals surface area contributed by atoms with Crippen LogP contribution in [0, 0.1) is 6.92 Å². The van der Waals surface area contributed by atoms with E-state index in [0.29, 0.717) is 16.0 Å². The van der Waals surface area contributed by atoms with Gasteiger partial charge in [-0.25, -0.2) is 0 Å². The molecule has 0 unspecified atom stereocenters. The van der Waals surface area contributed by atoms with E-state index in [-0.39, 0.29) is 10.2 Å². The van der Waals surface area contributed by atoms with Crippen LogP contribution in [0.5, 0.6) is 0 Å². The Morgan fingerprint density at radius 3 is 2.50 bits per heavy atom. The summed E-state index contributed by atoms with van der Waals surface area (Å²) in [5.74, 6) is -0.790. The summed E-state index contributed by atoms with van der Waals surface area (Å²) in [5.41, 5.74) is 5.27. The first-order valence-corrected chi connectivity index (χ1v) is 8.91. The molecule has 0 atom stereocenters. The predicted octanol–water partition coefficient (Wildman–Crippen LogP) is 3.35. The first-order chi connectivity index (χ1) is 12.5. The molecule has 1 heterocycles. The SMILES string of the molecule is Cc1cccc(C(=O)NN2C(=O)/C(=C/c3ccc(C=O)cc3)SC2=S)c1. The standard InChI is InChI=1S/C19H14N2O3S2/c1-12-3-2-4-15(9-12)17(23)20-21-18(24)16(26-19(21)25)10-13-5-7-14(11-22)8-6-13/h2-11H,1H3,(H,20,23)/b16-10-. The zero-order valence-electron chi connectivity index (χ0n) is 13.8. The summed E-state index contributed by atoms with van der Waals surface area (Å²) in [6.45, 7) is 1.88. The van der Waals surface area contributed by atoms with E-state index in [4.69, 9.17) is 12.2 Å². The fourth-order valence-corrected chi connectivity index (χ4v) is 3.52. The minimum atomic E-state index is -0.401.